The Morgan fingerprint density at radius 2 is 2.38 bits per heavy atom. The monoisotopic (exact) mass is 134 g/mol. The third kappa shape index (κ3) is 5.90. The highest BCUT2D eigenvalue weighted by atomic mass is 31.0. The molecule has 0 fully saturated rings. The third-order valence-electron chi connectivity index (χ3n) is 0.742. The molecule has 0 bridgehead atoms. The smallest absolute Gasteiger partial charge is 0.319 e. The van der Waals surface area contributed by atoms with Gasteiger partial charge in [-0.3, -0.25) is 0 Å². The van der Waals surface area contributed by atoms with Gasteiger partial charge in [0.2, 0.25) is 0 Å². The van der Waals surface area contributed by atoms with Gasteiger partial charge < -0.3 is 4.74 Å². The molecule has 0 saturated heterocycles. The molecule has 0 aromatic carbocycles. The fourth-order valence-electron chi connectivity index (χ4n) is 0.317. The molecule has 0 rings (SSSR count). The summed E-state index contributed by atoms with van der Waals surface area (Å²) < 4.78 is 4.61. The Balaban J connectivity index is 2.82. The molecule has 0 radical (unpaired) electrons. The van der Waals surface area contributed by atoms with Crippen molar-refractivity contribution in [2.24, 2.45) is 0 Å². The number of ether oxygens (including phenoxy) is 1. The van der Waals surface area contributed by atoms with E-state index in [-0.39, 0.29) is 5.71 Å². The molecule has 48 valence electrons. The number of hydrogen-bond acceptors (Lipinski definition) is 2. The topological polar surface area (TPSA) is 26.3 Å². The van der Waals surface area contributed by atoms with E-state index in [1.807, 2.05) is 9.24 Å². The van der Waals surface area contributed by atoms with Crippen LogP contribution in [-0.4, -0.2) is 12.3 Å². The van der Waals surface area contributed by atoms with Gasteiger partial charge in [-0.2, -0.15) is 0 Å². The van der Waals surface area contributed by atoms with Gasteiger partial charge in [0.25, 0.3) is 0 Å². The van der Waals surface area contributed by atoms with Crippen molar-refractivity contribution in [3.8, 4) is 0 Å². The van der Waals surface area contributed by atoms with Gasteiger partial charge in [-0.15, -0.1) is 0 Å². The van der Waals surface area contributed by atoms with Crippen molar-refractivity contribution in [2.45, 2.75) is 19.8 Å². The second-order valence-electron chi connectivity index (χ2n) is 1.52. The molecule has 0 spiro atoms. The minimum Gasteiger partial charge on any atom is -0.463 e. The standard InChI is InChI=1S/C5H11O2P/c1-2-3-4-7-5(6)8/h2-4,8H2,1H3. The van der Waals surface area contributed by atoms with Crippen molar-refractivity contribution in [3.63, 3.8) is 0 Å². The zero-order valence-corrected chi connectivity index (χ0v) is 6.17. The van der Waals surface area contributed by atoms with Gasteiger partial charge in [-0.05, 0) is 15.7 Å². The Kier molecular flexibility index (Phi) is 4.98. The Bertz CT molecular complexity index is 72.8. The first-order valence-electron chi connectivity index (χ1n) is 2.69. The fourth-order valence-corrected chi connectivity index (χ4v) is 0.435. The molecule has 0 aliphatic rings. The third-order valence-corrected chi connectivity index (χ3v) is 0.909. The summed E-state index contributed by atoms with van der Waals surface area (Å²) >= 11 is 0. The highest BCUT2D eigenvalue weighted by Gasteiger charge is 1.88. The van der Waals surface area contributed by atoms with Crippen LogP contribution >= 0.6 is 9.24 Å². The highest BCUT2D eigenvalue weighted by molar-refractivity contribution is 7.39. The Hall–Kier alpha value is -0.100. The lowest BCUT2D eigenvalue weighted by molar-refractivity contribution is 0.173. The molecule has 0 aliphatic carbocycles. The van der Waals surface area contributed by atoms with E-state index in [1.165, 1.54) is 0 Å². The first kappa shape index (κ1) is 7.90. The SMILES string of the molecule is CCCCOC(=O)P. The normalized spacial score (nSPS) is 8.75. The van der Waals surface area contributed by atoms with Gasteiger partial charge in [-0.25, -0.2) is 4.79 Å². The maximum absolute atomic E-state index is 10.1. The minimum atomic E-state index is -0.265. The molecule has 3 heteroatoms. The molecule has 2 nitrogen and oxygen atoms in total. The van der Waals surface area contributed by atoms with Gasteiger partial charge in [0, 0.05) is 0 Å². The summed E-state index contributed by atoms with van der Waals surface area (Å²) in [7, 11) is 1.97. The van der Waals surface area contributed by atoms with Crippen LogP contribution in [0.1, 0.15) is 19.8 Å². The molecule has 0 aromatic rings. The van der Waals surface area contributed by atoms with Gasteiger partial charge in [0.05, 0.1) is 6.61 Å². The quantitative estimate of drug-likeness (QED) is 0.434. The van der Waals surface area contributed by atoms with E-state index in [9.17, 15) is 4.79 Å². The lowest BCUT2D eigenvalue weighted by atomic mass is 10.4. The first-order valence-corrected chi connectivity index (χ1v) is 3.27. The van der Waals surface area contributed by atoms with Gasteiger partial charge in [-0.1, -0.05) is 13.3 Å². The molecule has 0 amide bonds. The Morgan fingerprint density at radius 3 is 2.75 bits per heavy atom. The van der Waals surface area contributed by atoms with Crippen LogP contribution in [-0.2, 0) is 4.74 Å². The molecule has 0 aromatic heterocycles. The van der Waals surface area contributed by atoms with Crippen LogP contribution in [0.5, 0.6) is 0 Å². The zero-order valence-electron chi connectivity index (χ0n) is 5.02. The van der Waals surface area contributed by atoms with E-state index in [4.69, 9.17) is 0 Å². The predicted octanol–water partition coefficient (Wildman–Crippen LogP) is 1.80. The van der Waals surface area contributed by atoms with Gasteiger partial charge in [0.15, 0.2) is 0 Å². The fraction of sp³-hybridized carbons (Fsp3) is 0.800. The number of carbonyl (C=O) groups is 1. The van der Waals surface area contributed by atoms with Crippen LogP contribution in [0.3, 0.4) is 0 Å². The van der Waals surface area contributed by atoms with Gasteiger partial charge in [0.1, 0.15) is 0 Å². The summed E-state index contributed by atoms with van der Waals surface area (Å²) in [5.74, 6) is 0. The number of carbonyl (C=O) groups excluding carboxylic acids is 1. The Morgan fingerprint density at radius 1 is 1.75 bits per heavy atom. The highest BCUT2D eigenvalue weighted by Crippen LogP contribution is 1.93. The molecule has 1 unspecified atom stereocenters. The van der Waals surface area contributed by atoms with E-state index in [0.717, 1.165) is 12.8 Å². The number of rotatable bonds is 3. The van der Waals surface area contributed by atoms with Crippen molar-refractivity contribution in [2.75, 3.05) is 6.61 Å². The molecule has 0 aliphatic heterocycles. The van der Waals surface area contributed by atoms with Gasteiger partial charge >= 0.3 is 5.71 Å². The maximum atomic E-state index is 10.1. The summed E-state index contributed by atoms with van der Waals surface area (Å²) in [6, 6.07) is 0. The van der Waals surface area contributed by atoms with Crippen LogP contribution in [0.2, 0.25) is 0 Å². The average Bonchev–Trinajstić information content (AvgIpc) is 1.66. The van der Waals surface area contributed by atoms with E-state index in [1.54, 1.807) is 0 Å². The average molecular weight is 134 g/mol. The lowest BCUT2D eigenvalue weighted by Gasteiger charge is -1.96. The van der Waals surface area contributed by atoms with Crippen molar-refractivity contribution >= 4 is 15.0 Å². The number of hydrogen-bond donors (Lipinski definition) is 0. The first-order chi connectivity index (χ1) is 3.77. The molecular formula is C5H11O2P. The lowest BCUT2D eigenvalue weighted by Crippen LogP contribution is -1.94. The number of unbranched alkanes of at least 4 members (excludes halogenated alkanes) is 1. The molecule has 8 heavy (non-hydrogen) atoms. The largest absolute Gasteiger partial charge is 0.463 e. The second kappa shape index (κ2) is 5.04. The molecule has 0 N–H and O–H groups in total. The summed E-state index contributed by atoms with van der Waals surface area (Å²) in [4.78, 5) is 10.1. The van der Waals surface area contributed by atoms with E-state index >= 15 is 0 Å². The predicted molar refractivity (Wildman–Crippen MR) is 36.0 cm³/mol. The summed E-state index contributed by atoms with van der Waals surface area (Å²) in [5.41, 5.74) is -0.265. The Labute approximate surface area is 51.8 Å². The minimum absolute atomic E-state index is 0.265. The molecule has 1 atom stereocenters. The summed E-state index contributed by atoms with van der Waals surface area (Å²) in [5, 5.41) is 0. The van der Waals surface area contributed by atoms with Crippen LogP contribution in [0.15, 0.2) is 0 Å². The van der Waals surface area contributed by atoms with Crippen molar-refractivity contribution in [3.05, 3.63) is 0 Å². The molecule has 0 saturated carbocycles. The van der Waals surface area contributed by atoms with Crippen molar-refractivity contribution in [1.82, 2.24) is 0 Å². The molecular weight excluding hydrogens is 123 g/mol. The summed E-state index contributed by atoms with van der Waals surface area (Å²) in [6.07, 6.45) is 2.03. The van der Waals surface area contributed by atoms with Crippen LogP contribution in [0, 0.1) is 0 Å². The van der Waals surface area contributed by atoms with Crippen LogP contribution < -0.4 is 0 Å². The summed E-state index contributed by atoms with van der Waals surface area (Å²) in [6.45, 7) is 2.61. The van der Waals surface area contributed by atoms with Crippen LogP contribution in [0.25, 0.3) is 0 Å². The maximum Gasteiger partial charge on any atom is 0.319 e. The van der Waals surface area contributed by atoms with Crippen molar-refractivity contribution in [1.29, 1.82) is 0 Å². The van der Waals surface area contributed by atoms with Crippen LogP contribution in [0.4, 0.5) is 4.79 Å². The zero-order chi connectivity index (χ0) is 6.41. The van der Waals surface area contributed by atoms with E-state index < -0.39 is 0 Å². The molecule has 0 heterocycles. The van der Waals surface area contributed by atoms with Crippen molar-refractivity contribution < 1.29 is 9.53 Å². The second-order valence-corrected chi connectivity index (χ2v) is 1.99. The van der Waals surface area contributed by atoms with E-state index in [0.29, 0.717) is 6.61 Å². The van der Waals surface area contributed by atoms with E-state index in [2.05, 4.69) is 11.7 Å².